The highest BCUT2D eigenvalue weighted by molar-refractivity contribution is 7.14. The van der Waals surface area contributed by atoms with Crippen LogP contribution in [0.25, 0.3) is 0 Å². The van der Waals surface area contributed by atoms with E-state index in [-0.39, 0.29) is 11.8 Å². The van der Waals surface area contributed by atoms with Crippen LogP contribution in [0.3, 0.4) is 0 Å². The van der Waals surface area contributed by atoms with Gasteiger partial charge in [0.05, 0.1) is 10.4 Å². The molecule has 1 heterocycles. The molecule has 1 atom stereocenters. The maximum Gasteiger partial charge on any atom is 0.250 e. The lowest BCUT2D eigenvalue weighted by molar-refractivity contribution is 0.0975. The summed E-state index contributed by atoms with van der Waals surface area (Å²) in [6, 6.07) is -0.157. The Hall–Kier alpha value is -1.20. The van der Waals surface area contributed by atoms with Gasteiger partial charge >= 0.3 is 0 Å². The first-order valence-electron chi connectivity index (χ1n) is 5.24. The van der Waals surface area contributed by atoms with Crippen molar-refractivity contribution < 1.29 is 9.59 Å². The Balaban J connectivity index is 2.66. The molecule has 0 fully saturated rings. The Morgan fingerprint density at radius 1 is 1.44 bits per heavy atom. The zero-order chi connectivity index (χ0) is 11.9. The van der Waals surface area contributed by atoms with Crippen molar-refractivity contribution >= 4 is 23.0 Å². The average molecular weight is 238 g/mol. The van der Waals surface area contributed by atoms with Gasteiger partial charge in [-0.3, -0.25) is 9.59 Å². The molecule has 0 spiro atoms. The number of carbonyl (C=O) groups excluding carboxylic acids is 2. The Morgan fingerprint density at radius 3 is 2.69 bits per heavy atom. The summed E-state index contributed by atoms with van der Waals surface area (Å²) in [6.07, 6.45) is 2.74. The molecule has 16 heavy (non-hydrogen) atoms. The summed E-state index contributed by atoms with van der Waals surface area (Å²) in [6.45, 7) is 1.45. The summed E-state index contributed by atoms with van der Waals surface area (Å²) < 4.78 is 0. The highest BCUT2D eigenvalue weighted by Gasteiger charge is 2.29. The molecule has 4 N–H and O–H groups in total. The molecular formula is C11H14N2O2S. The van der Waals surface area contributed by atoms with Crippen LogP contribution in [0, 0.1) is 0 Å². The molecule has 0 radical (unpaired) electrons. The summed E-state index contributed by atoms with van der Waals surface area (Å²) in [5.74, 6) is -0.652. The van der Waals surface area contributed by atoms with E-state index < -0.39 is 5.91 Å². The zero-order valence-electron chi connectivity index (χ0n) is 9.08. The number of amides is 1. The van der Waals surface area contributed by atoms with Crippen molar-refractivity contribution in [2.45, 2.75) is 32.2 Å². The molecule has 1 aromatic rings. The lowest BCUT2D eigenvalue weighted by Gasteiger charge is -2.19. The fourth-order valence-corrected chi connectivity index (χ4v) is 3.50. The predicted molar refractivity (Wildman–Crippen MR) is 62.7 cm³/mol. The number of aryl methyl sites for hydroxylation is 1. The fraction of sp³-hybridized carbons (Fsp3) is 0.455. The molecule has 1 amide bonds. The van der Waals surface area contributed by atoms with Crippen LogP contribution in [-0.2, 0) is 6.42 Å². The summed E-state index contributed by atoms with van der Waals surface area (Å²) in [7, 11) is 0. The molecule has 86 valence electrons. The minimum atomic E-state index is -0.542. The van der Waals surface area contributed by atoms with Gasteiger partial charge in [0.15, 0.2) is 5.78 Å². The van der Waals surface area contributed by atoms with Gasteiger partial charge in [-0.1, -0.05) is 0 Å². The van der Waals surface area contributed by atoms with E-state index in [0.29, 0.717) is 10.4 Å². The van der Waals surface area contributed by atoms with Gasteiger partial charge in [0.1, 0.15) is 0 Å². The van der Waals surface area contributed by atoms with Gasteiger partial charge in [-0.15, -0.1) is 11.3 Å². The van der Waals surface area contributed by atoms with Crippen molar-refractivity contribution in [1.82, 2.24) is 0 Å². The molecule has 1 unspecified atom stereocenters. The van der Waals surface area contributed by atoms with Crippen molar-refractivity contribution in [3.8, 4) is 0 Å². The normalized spacial score (nSPS) is 19.2. The van der Waals surface area contributed by atoms with Gasteiger partial charge in [0, 0.05) is 10.9 Å². The van der Waals surface area contributed by atoms with E-state index in [1.54, 1.807) is 0 Å². The van der Waals surface area contributed by atoms with Gasteiger partial charge in [0.2, 0.25) is 0 Å². The molecule has 1 aromatic heterocycles. The monoisotopic (exact) mass is 238 g/mol. The third kappa shape index (κ3) is 1.66. The minimum Gasteiger partial charge on any atom is -0.366 e. The summed E-state index contributed by atoms with van der Waals surface area (Å²) in [5.41, 5.74) is 12.5. The topological polar surface area (TPSA) is 86.2 Å². The highest BCUT2D eigenvalue weighted by atomic mass is 32.1. The standard InChI is InChI=1S/C11H14N2O2S/c1-5(14)10-9(11(13)15)8-6(12)3-2-4-7(8)16-10/h6H,2-4,12H2,1H3,(H2,13,15). The zero-order valence-corrected chi connectivity index (χ0v) is 9.89. The first kappa shape index (κ1) is 11.3. The van der Waals surface area contributed by atoms with Crippen LogP contribution >= 0.6 is 11.3 Å². The number of Topliss-reactive ketones (excluding diaryl/α,β-unsaturated/α-hetero) is 1. The number of thiophene rings is 1. The molecule has 2 rings (SSSR count). The molecule has 0 saturated carbocycles. The van der Waals surface area contributed by atoms with Crippen molar-refractivity contribution in [2.24, 2.45) is 11.5 Å². The molecule has 4 nitrogen and oxygen atoms in total. The average Bonchev–Trinajstić information content (AvgIpc) is 2.58. The molecule has 0 aliphatic heterocycles. The highest BCUT2D eigenvalue weighted by Crippen LogP contribution is 2.38. The first-order chi connectivity index (χ1) is 7.52. The lowest BCUT2D eigenvalue weighted by atomic mass is 9.90. The van der Waals surface area contributed by atoms with E-state index in [1.807, 2.05) is 0 Å². The third-order valence-corrected chi connectivity index (χ3v) is 4.24. The number of rotatable bonds is 2. The molecule has 1 aliphatic carbocycles. The fourth-order valence-electron chi connectivity index (χ4n) is 2.19. The van der Waals surface area contributed by atoms with Crippen molar-refractivity contribution in [3.05, 3.63) is 20.9 Å². The van der Waals surface area contributed by atoms with Crippen LogP contribution in [-0.4, -0.2) is 11.7 Å². The number of nitrogens with two attached hydrogens (primary N) is 2. The second-order valence-corrected chi connectivity index (χ2v) is 5.17. The van der Waals surface area contributed by atoms with Gasteiger partial charge < -0.3 is 11.5 Å². The Kier molecular flexibility index (Phi) is 2.82. The van der Waals surface area contributed by atoms with E-state index in [0.717, 1.165) is 29.7 Å². The van der Waals surface area contributed by atoms with E-state index >= 15 is 0 Å². The van der Waals surface area contributed by atoms with Crippen LogP contribution in [0.4, 0.5) is 0 Å². The summed E-state index contributed by atoms with van der Waals surface area (Å²) in [4.78, 5) is 24.4. The smallest absolute Gasteiger partial charge is 0.250 e. The second kappa shape index (κ2) is 3.99. The lowest BCUT2D eigenvalue weighted by Crippen LogP contribution is -2.22. The van der Waals surface area contributed by atoms with E-state index in [9.17, 15) is 9.59 Å². The number of carbonyl (C=O) groups is 2. The summed E-state index contributed by atoms with van der Waals surface area (Å²) >= 11 is 1.37. The second-order valence-electron chi connectivity index (χ2n) is 4.06. The number of ketones is 1. The largest absolute Gasteiger partial charge is 0.366 e. The maximum absolute atomic E-state index is 11.5. The molecule has 1 aliphatic rings. The van der Waals surface area contributed by atoms with Crippen molar-refractivity contribution in [3.63, 3.8) is 0 Å². The Morgan fingerprint density at radius 2 is 2.12 bits per heavy atom. The molecule has 5 heteroatoms. The third-order valence-electron chi connectivity index (χ3n) is 2.88. The van der Waals surface area contributed by atoms with Crippen LogP contribution in [0.15, 0.2) is 0 Å². The SMILES string of the molecule is CC(=O)c1sc2c(c1C(N)=O)C(N)CCC2. The number of hydrogen-bond donors (Lipinski definition) is 2. The van der Waals surface area contributed by atoms with Gasteiger partial charge in [-0.2, -0.15) is 0 Å². The number of fused-ring (bicyclic) bond motifs is 1. The van der Waals surface area contributed by atoms with E-state index in [1.165, 1.54) is 18.3 Å². The molecule has 0 bridgehead atoms. The van der Waals surface area contributed by atoms with Gasteiger partial charge in [0.25, 0.3) is 5.91 Å². The number of primary amides is 1. The Labute approximate surface area is 97.6 Å². The predicted octanol–water partition coefficient (Wildman–Crippen LogP) is 1.39. The van der Waals surface area contributed by atoms with Gasteiger partial charge in [-0.05, 0) is 31.7 Å². The van der Waals surface area contributed by atoms with Gasteiger partial charge in [-0.25, -0.2) is 0 Å². The number of hydrogen-bond acceptors (Lipinski definition) is 4. The van der Waals surface area contributed by atoms with Crippen molar-refractivity contribution in [1.29, 1.82) is 0 Å². The molecular weight excluding hydrogens is 224 g/mol. The molecule has 0 saturated heterocycles. The van der Waals surface area contributed by atoms with Crippen LogP contribution in [0.2, 0.25) is 0 Å². The van der Waals surface area contributed by atoms with Crippen LogP contribution in [0.5, 0.6) is 0 Å². The van der Waals surface area contributed by atoms with E-state index in [2.05, 4.69) is 0 Å². The summed E-state index contributed by atoms with van der Waals surface area (Å²) in [5, 5.41) is 0. The minimum absolute atomic E-state index is 0.111. The molecule has 0 aromatic carbocycles. The van der Waals surface area contributed by atoms with Crippen LogP contribution < -0.4 is 11.5 Å². The first-order valence-corrected chi connectivity index (χ1v) is 6.06. The Bertz CT molecular complexity index is 465. The maximum atomic E-state index is 11.5. The quantitative estimate of drug-likeness (QED) is 0.763. The van der Waals surface area contributed by atoms with Crippen LogP contribution in [0.1, 0.15) is 56.3 Å². The van der Waals surface area contributed by atoms with Crippen molar-refractivity contribution in [2.75, 3.05) is 0 Å². The van der Waals surface area contributed by atoms with E-state index in [4.69, 9.17) is 11.5 Å².